The van der Waals surface area contributed by atoms with Crippen molar-refractivity contribution in [2.24, 2.45) is 28.6 Å². The van der Waals surface area contributed by atoms with Gasteiger partial charge in [0.15, 0.2) is 5.78 Å². The Kier molecular flexibility index (Phi) is 5.22. The van der Waals surface area contributed by atoms with E-state index in [0.717, 1.165) is 32.1 Å². The summed E-state index contributed by atoms with van der Waals surface area (Å²) in [5.41, 5.74) is -0.431. The van der Waals surface area contributed by atoms with Crippen LogP contribution in [0.1, 0.15) is 78.6 Å². The number of ether oxygens (including phenoxy) is 1. The topological polar surface area (TPSA) is 83.8 Å². The van der Waals surface area contributed by atoms with Crippen molar-refractivity contribution in [1.82, 2.24) is 0 Å². The van der Waals surface area contributed by atoms with Gasteiger partial charge in [0.1, 0.15) is 12.2 Å². The standard InChI is InChI=1S/C24H36O5/c1-4-5-20(27)29-14-24(28)11-9-18-17-7-6-15-12-16(25)8-10-22(15,2)21(17)19(26)13-23(18,24)3/h12,17-19,21,26,28H,4-11,13-14H2,1-3H3. The van der Waals surface area contributed by atoms with E-state index in [4.69, 9.17) is 4.74 Å². The molecular formula is C24H36O5. The van der Waals surface area contributed by atoms with Gasteiger partial charge >= 0.3 is 5.97 Å². The van der Waals surface area contributed by atoms with E-state index in [1.54, 1.807) is 0 Å². The number of hydrogen-bond donors (Lipinski definition) is 2. The highest BCUT2D eigenvalue weighted by Gasteiger charge is 2.66. The second kappa shape index (κ2) is 7.19. The number of carbonyl (C=O) groups excluding carboxylic acids is 2. The molecule has 4 rings (SSSR count). The van der Waals surface area contributed by atoms with Gasteiger partial charge in [-0.05, 0) is 74.2 Å². The van der Waals surface area contributed by atoms with Crippen molar-refractivity contribution >= 4 is 11.8 Å². The van der Waals surface area contributed by atoms with Crippen LogP contribution in [0.5, 0.6) is 0 Å². The second-order valence-electron chi connectivity index (χ2n) is 10.6. The second-order valence-corrected chi connectivity index (χ2v) is 10.6. The predicted octanol–water partition coefficient (Wildman–Crippen LogP) is 3.56. The van der Waals surface area contributed by atoms with Crippen LogP contribution in [0.2, 0.25) is 0 Å². The average Bonchev–Trinajstić information content (AvgIpc) is 2.92. The fourth-order valence-corrected chi connectivity index (χ4v) is 7.49. The van der Waals surface area contributed by atoms with Crippen LogP contribution < -0.4 is 0 Å². The molecule has 0 bridgehead atoms. The maximum Gasteiger partial charge on any atom is 0.305 e. The van der Waals surface area contributed by atoms with Crippen molar-refractivity contribution in [2.75, 3.05) is 6.61 Å². The molecule has 0 heterocycles. The largest absolute Gasteiger partial charge is 0.463 e. The molecule has 0 aromatic heterocycles. The number of rotatable bonds is 4. The molecule has 162 valence electrons. The summed E-state index contributed by atoms with van der Waals surface area (Å²) in [6, 6.07) is 0. The van der Waals surface area contributed by atoms with Gasteiger partial charge in [-0.2, -0.15) is 0 Å². The number of ketones is 1. The highest BCUT2D eigenvalue weighted by Crippen LogP contribution is 2.67. The molecule has 0 spiro atoms. The Labute approximate surface area is 173 Å². The van der Waals surface area contributed by atoms with Crippen LogP contribution >= 0.6 is 0 Å². The molecule has 29 heavy (non-hydrogen) atoms. The van der Waals surface area contributed by atoms with Gasteiger partial charge in [0.05, 0.1) is 6.10 Å². The van der Waals surface area contributed by atoms with E-state index in [1.165, 1.54) is 5.57 Å². The van der Waals surface area contributed by atoms with Crippen molar-refractivity contribution in [3.05, 3.63) is 11.6 Å². The molecule has 0 saturated heterocycles. The zero-order valence-electron chi connectivity index (χ0n) is 18.1. The van der Waals surface area contributed by atoms with Crippen molar-refractivity contribution in [3.63, 3.8) is 0 Å². The van der Waals surface area contributed by atoms with E-state index in [-0.39, 0.29) is 29.7 Å². The van der Waals surface area contributed by atoms with Gasteiger partial charge in [-0.3, -0.25) is 9.59 Å². The number of fused-ring (bicyclic) bond motifs is 5. The number of aliphatic hydroxyl groups excluding tert-OH is 1. The van der Waals surface area contributed by atoms with Crippen molar-refractivity contribution in [3.8, 4) is 0 Å². The molecule has 5 nitrogen and oxygen atoms in total. The van der Waals surface area contributed by atoms with E-state index < -0.39 is 17.1 Å². The average molecular weight is 405 g/mol. The lowest BCUT2D eigenvalue weighted by Gasteiger charge is -2.60. The third kappa shape index (κ3) is 3.11. The summed E-state index contributed by atoms with van der Waals surface area (Å²) in [6.07, 6.45) is 7.73. The first-order valence-corrected chi connectivity index (χ1v) is 11.4. The summed E-state index contributed by atoms with van der Waals surface area (Å²) in [7, 11) is 0. The minimum absolute atomic E-state index is 0.0276. The quantitative estimate of drug-likeness (QED) is 0.700. The van der Waals surface area contributed by atoms with E-state index in [1.807, 2.05) is 13.0 Å². The van der Waals surface area contributed by atoms with Gasteiger partial charge in [-0.25, -0.2) is 0 Å². The maximum absolute atomic E-state index is 12.0. The summed E-state index contributed by atoms with van der Waals surface area (Å²) < 4.78 is 5.46. The Bertz CT molecular complexity index is 729. The van der Waals surface area contributed by atoms with Gasteiger partial charge in [0.25, 0.3) is 0 Å². The number of hydrogen-bond acceptors (Lipinski definition) is 5. The van der Waals surface area contributed by atoms with Gasteiger partial charge < -0.3 is 14.9 Å². The summed E-state index contributed by atoms with van der Waals surface area (Å²) in [5.74, 6) is 0.740. The lowest BCUT2D eigenvalue weighted by atomic mass is 9.45. The van der Waals surface area contributed by atoms with E-state index in [9.17, 15) is 19.8 Å². The van der Waals surface area contributed by atoms with Crippen molar-refractivity contribution in [1.29, 1.82) is 0 Å². The molecule has 0 aromatic rings. The Hall–Kier alpha value is -1.20. The molecule has 7 unspecified atom stereocenters. The predicted molar refractivity (Wildman–Crippen MR) is 109 cm³/mol. The summed E-state index contributed by atoms with van der Waals surface area (Å²) >= 11 is 0. The fraction of sp³-hybridized carbons (Fsp3) is 0.833. The first kappa shape index (κ1) is 21.0. The van der Waals surface area contributed by atoms with Crippen LogP contribution in [-0.2, 0) is 14.3 Å². The first-order chi connectivity index (χ1) is 13.6. The molecule has 0 aromatic carbocycles. The number of esters is 1. The molecule has 5 heteroatoms. The third-order valence-corrected chi connectivity index (χ3v) is 9.14. The first-order valence-electron chi connectivity index (χ1n) is 11.4. The number of allylic oxidation sites excluding steroid dienone is 1. The van der Waals surface area contributed by atoms with Gasteiger partial charge in [-0.1, -0.05) is 26.3 Å². The van der Waals surface area contributed by atoms with Crippen molar-refractivity contribution < 1.29 is 24.5 Å². The minimum Gasteiger partial charge on any atom is -0.463 e. The highest BCUT2D eigenvalue weighted by atomic mass is 16.5. The Balaban J connectivity index is 1.60. The third-order valence-electron chi connectivity index (χ3n) is 9.14. The molecule has 4 aliphatic rings. The lowest BCUT2D eigenvalue weighted by Crippen LogP contribution is -2.60. The monoisotopic (exact) mass is 404 g/mol. The van der Waals surface area contributed by atoms with Crippen LogP contribution in [0.4, 0.5) is 0 Å². The fourth-order valence-electron chi connectivity index (χ4n) is 7.49. The smallest absolute Gasteiger partial charge is 0.305 e. The lowest BCUT2D eigenvalue weighted by molar-refractivity contribution is -0.191. The Morgan fingerprint density at radius 3 is 2.72 bits per heavy atom. The van der Waals surface area contributed by atoms with Crippen LogP contribution in [0.15, 0.2) is 11.6 Å². The molecule has 2 N–H and O–H groups in total. The van der Waals surface area contributed by atoms with Gasteiger partial charge in [-0.15, -0.1) is 0 Å². The summed E-state index contributed by atoms with van der Waals surface area (Å²) in [4.78, 5) is 23.9. The van der Waals surface area contributed by atoms with Crippen molar-refractivity contribution in [2.45, 2.75) is 90.3 Å². The van der Waals surface area contributed by atoms with E-state index in [0.29, 0.717) is 37.5 Å². The van der Waals surface area contributed by atoms with Gasteiger partial charge in [0.2, 0.25) is 0 Å². The Morgan fingerprint density at radius 2 is 2.00 bits per heavy atom. The normalized spacial score (nSPS) is 46.4. The SMILES string of the molecule is CCCC(=O)OCC1(O)CCC2C3CCC4=CC(=O)CCC4(C)C3C(O)CC21C. The molecule has 0 radical (unpaired) electrons. The molecule has 3 fully saturated rings. The van der Waals surface area contributed by atoms with Crippen LogP contribution in [0, 0.1) is 28.6 Å². The minimum atomic E-state index is -1.08. The van der Waals surface area contributed by atoms with Crippen LogP contribution in [0.3, 0.4) is 0 Å². The maximum atomic E-state index is 12.0. The number of aliphatic hydroxyl groups is 2. The summed E-state index contributed by atoms with van der Waals surface area (Å²) in [6.45, 7) is 6.29. The number of carbonyl (C=O) groups is 2. The molecule has 4 aliphatic carbocycles. The van der Waals surface area contributed by atoms with Crippen LogP contribution in [0.25, 0.3) is 0 Å². The molecule has 7 atom stereocenters. The summed E-state index contributed by atoms with van der Waals surface area (Å²) in [5, 5.41) is 22.9. The Morgan fingerprint density at radius 1 is 1.24 bits per heavy atom. The molecule has 0 aliphatic heterocycles. The van der Waals surface area contributed by atoms with Gasteiger partial charge in [0, 0.05) is 18.3 Å². The van der Waals surface area contributed by atoms with Crippen LogP contribution in [-0.4, -0.2) is 40.3 Å². The van der Waals surface area contributed by atoms with E-state index >= 15 is 0 Å². The highest BCUT2D eigenvalue weighted by molar-refractivity contribution is 5.91. The molecular weight excluding hydrogens is 368 g/mol. The molecule has 3 saturated carbocycles. The van der Waals surface area contributed by atoms with E-state index in [2.05, 4.69) is 13.8 Å². The molecule has 0 amide bonds. The zero-order chi connectivity index (χ0) is 21.0. The zero-order valence-corrected chi connectivity index (χ0v) is 18.1.